The standard InChI is InChI=1S/C14H16FNO4S/c1-3-5-21(19,20)6-4-16-12-9(2)7-10(15)8-11(12)13(17)14(16)18/h7-8H,3-6H2,1-2H3. The van der Waals surface area contributed by atoms with Crippen LogP contribution in [0.25, 0.3) is 0 Å². The highest BCUT2D eigenvalue weighted by Crippen LogP contribution is 2.33. The zero-order valence-electron chi connectivity index (χ0n) is 11.8. The van der Waals surface area contributed by atoms with Crippen LogP contribution in [0.4, 0.5) is 10.1 Å². The minimum absolute atomic E-state index is 0.00499. The number of halogens is 1. The highest BCUT2D eigenvalue weighted by Gasteiger charge is 2.37. The van der Waals surface area contributed by atoms with Gasteiger partial charge in [0.2, 0.25) is 0 Å². The number of Topliss-reactive ketones (excluding diaryl/α,β-unsaturated/α-hetero) is 1. The van der Waals surface area contributed by atoms with Gasteiger partial charge in [0.05, 0.1) is 17.0 Å². The van der Waals surface area contributed by atoms with Gasteiger partial charge < -0.3 is 4.90 Å². The van der Waals surface area contributed by atoms with E-state index in [1.807, 2.05) is 0 Å². The monoisotopic (exact) mass is 313 g/mol. The lowest BCUT2D eigenvalue weighted by molar-refractivity contribution is -0.114. The Morgan fingerprint density at radius 2 is 1.86 bits per heavy atom. The Hall–Kier alpha value is -1.76. The summed E-state index contributed by atoms with van der Waals surface area (Å²) in [4.78, 5) is 25.0. The van der Waals surface area contributed by atoms with Gasteiger partial charge in [0.1, 0.15) is 5.82 Å². The SMILES string of the molecule is CCCS(=O)(=O)CCN1C(=O)C(=O)c2cc(F)cc(C)c21. The van der Waals surface area contributed by atoms with E-state index in [0.29, 0.717) is 17.7 Å². The Labute approximate surface area is 122 Å². The normalized spacial score (nSPS) is 14.7. The molecular weight excluding hydrogens is 297 g/mol. The van der Waals surface area contributed by atoms with Crippen molar-refractivity contribution in [3.8, 4) is 0 Å². The molecule has 0 radical (unpaired) electrons. The van der Waals surface area contributed by atoms with Gasteiger partial charge in [-0.2, -0.15) is 0 Å². The fraction of sp³-hybridized carbons (Fsp3) is 0.429. The third-order valence-electron chi connectivity index (χ3n) is 3.36. The summed E-state index contributed by atoms with van der Waals surface area (Å²) in [6.07, 6.45) is 0.496. The summed E-state index contributed by atoms with van der Waals surface area (Å²) in [6.45, 7) is 3.25. The van der Waals surface area contributed by atoms with Crippen LogP contribution in [0.5, 0.6) is 0 Å². The number of nitrogens with zero attached hydrogens (tertiary/aromatic N) is 1. The molecule has 5 nitrogen and oxygen atoms in total. The van der Waals surface area contributed by atoms with Crippen molar-refractivity contribution < 1.29 is 22.4 Å². The van der Waals surface area contributed by atoms with Gasteiger partial charge in [-0.1, -0.05) is 6.92 Å². The van der Waals surface area contributed by atoms with Crippen molar-refractivity contribution in [2.24, 2.45) is 0 Å². The van der Waals surface area contributed by atoms with Crippen molar-refractivity contribution in [3.05, 3.63) is 29.1 Å². The third-order valence-corrected chi connectivity index (χ3v) is 5.20. The molecule has 2 rings (SSSR count). The number of amides is 1. The van der Waals surface area contributed by atoms with E-state index >= 15 is 0 Å². The first-order valence-electron chi connectivity index (χ1n) is 6.63. The van der Waals surface area contributed by atoms with E-state index in [4.69, 9.17) is 0 Å². The van der Waals surface area contributed by atoms with Crippen LogP contribution in [0.15, 0.2) is 12.1 Å². The molecule has 1 aromatic rings. The summed E-state index contributed by atoms with van der Waals surface area (Å²) in [7, 11) is -3.26. The van der Waals surface area contributed by atoms with E-state index in [1.165, 1.54) is 6.07 Å². The second-order valence-electron chi connectivity index (χ2n) is 5.06. The number of sulfone groups is 1. The molecule has 1 heterocycles. The van der Waals surface area contributed by atoms with Gasteiger partial charge in [0.25, 0.3) is 11.7 Å². The molecule has 0 atom stereocenters. The minimum atomic E-state index is -3.26. The Morgan fingerprint density at radius 3 is 2.48 bits per heavy atom. The van der Waals surface area contributed by atoms with Crippen LogP contribution in [0.2, 0.25) is 0 Å². The smallest absolute Gasteiger partial charge is 0.299 e. The number of ketones is 1. The van der Waals surface area contributed by atoms with Crippen LogP contribution in [0.1, 0.15) is 29.3 Å². The lowest BCUT2D eigenvalue weighted by Crippen LogP contribution is -2.34. The molecule has 0 N–H and O–H groups in total. The van der Waals surface area contributed by atoms with Crippen molar-refractivity contribution in [2.45, 2.75) is 20.3 Å². The number of hydrogen-bond donors (Lipinski definition) is 0. The molecule has 0 bridgehead atoms. The number of fused-ring (bicyclic) bond motifs is 1. The maximum absolute atomic E-state index is 13.3. The molecular formula is C14H16FNO4S. The number of rotatable bonds is 5. The van der Waals surface area contributed by atoms with Crippen molar-refractivity contribution >= 4 is 27.2 Å². The van der Waals surface area contributed by atoms with E-state index in [1.54, 1.807) is 13.8 Å². The summed E-state index contributed by atoms with van der Waals surface area (Å²) in [5, 5.41) is 0. The maximum atomic E-state index is 13.3. The molecule has 0 saturated heterocycles. The average molecular weight is 313 g/mol. The van der Waals surface area contributed by atoms with E-state index in [-0.39, 0.29) is 23.6 Å². The molecule has 1 aromatic carbocycles. The first kappa shape index (κ1) is 15.6. The van der Waals surface area contributed by atoms with Crippen LogP contribution >= 0.6 is 0 Å². The quantitative estimate of drug-likeness (QED) is 0.772. The Bertz CT molecular complexity index is 712. The molecule has 114 valence electrons. The number of hydrogen-bond acceptors (Lipinski definition) is 4. The molecule has 0 saturated carbocycles. The Kier molecular flexibility index (Phi) is 4.13. The van der Waals surface area contributed by atoms with Crippen molar-refractivity contribution in [2.75, 3.05) is 23.0 Å². The highest BCUT2D eigenvalue weighted by molar-refractivity contribution is 7.91. The number of carbonyl (C=O) groups excluding carboxylic acids is 2. The second-order valence-corrected chi connectivity index (χ2v) is 7.36. The number of carbonyl (C=O) groups is 2. The average Bonchev–Trinajstić information content (AvgIpc) is 2.61. The number of aryl methyl sites for hydroxylation is 1. The lowest BCUT2D eigenvalue weighted by atomic mass is 10.1. The predicted octanol–water partition coefficient (Wildman–Crippen LogP) is 1.49. The van der Waals surface area contributed by atoms with E-state index in [0.717, 1.165) is 11.0 Å². The van der Waals surface area contributed by atoms with Crippen LogP contribution < -0.4 is 4.90 Å². The first-order valence-corrected chi connectivity index (χ1v) is 8.45. The summed E-state index contributed by atoms with van der Waals surface area (Å²) in [5.74, 6) is -2.35. The predicted molar refractivity (Wildman–Crippen MR) is 76.8 cm³/mol. The topological polar surface area (TPSA) is 71.5 Å². The molecule has 1 amide bonds. The molecule has 7 heteroatoms. The Balaban J connectivity index is 2.32. The molecule has 21 heavy (non-hydrogen) atoms. The van der Waals surface area contributed by atoms with Gasteiger partial charge in [-0.25, -0.2) is 12.8 Å². The number of anilines is 1. The first-order chi connectivity index (χ1) is 9.76. The van der Waals surface area contributed by atoms with Crippen molar-refractivity contribution in [3.63, 3.8) is 0 Å². The maximum Gasteiger partial charge on any atom is 0.299 e. The molecule has 0 aromatic heterocycles. The molecule has 1 aliphatic heterocycles. The fourth-order valence-electron chi connectivity index (χ4n) is 2.46. The summed E-state index contributed by atoms with van der Waals surface area (Å²) in [5.41, 5.74) is 0.764. The fourth-order valence-corrected chi connectivity index (χ4v) is 3.75. The van der Waals surface area contributed by atoms with Gasteiger partial charge in [-0.3, -0.25) is 9.59 Å². The molecule has 1 aliphatic rings. The summed E-state index contributed by atoms with van der Waals surface area (Å²) >= 11 is 0. The molecule has 0 aliphatic carbocycles. The zero-order valence-corrected chi connectivity index (χ0v) is 12.7. The Morgan fingerprint density at radius 1 is 1.19 bits per heavy atom. The zero-order chi connectivity index (χ0) is 15.8. The number of benzene rings is 1. The molecule has 0 spiro atoms. The molecule has 0 unspecified atom stereocenters. The van der Waals surface area contributed by atoms with E-state index in [9.17, 15) is 22.4 Å². The van der Waals surface area contributed by atoms with E-state index < -0.39 is 27.3 Å². The molecule has 0 fully saturated rings. The largest absolute Gasteiger partial charge is 0.303 e. The third kappa shape index (κ3) is 2.97. The van der Waals surface area contributed by atoms with Gasteiger partial charge in [0, 0.05) is 12.3 Å². The minimum Gasteiger partial charge on any atom is -0.303 e. The van der Waals surface area contributed by atoms with Crippen molar-refractivity contribution in [1.82, 2.24) is 0 Å². The van der Waals surface area contributed by atoms with Crippen molar-refractivity contribution in [1.29, 1.82) is 0 Å². The highest BCUT2D eigenvalue weighted by atomic mass is 32.2. The van der Waals surface area contributed by atoms with Crippen LogP contribution in [0.3, 0.4) is 0 Å². The van der Waals surface area contributed by atoms with Gasteiger partial charge in [-0.15, -0.1) is 0 Å². The van der Waals surface area contributed by atoms with Gasteiger partial charge in [0.15, 0.2) is 9.84 Å². The van der Waals surface area contributed by atoms with E-state index in [2.05, 4.69) is 0 Å². The van der Waals surface area contributed by atoms with Crippen LogP contribution in [-0.2, 0) is 14.6 Å². The summed E-state index contributed by atoms with van der Waals surface area (Å²) < 4.78 is 36.8. The van der Waals surface area contributed by atoms with Crippen LogP contribution in [-0.4, -0.2) is 38.2 Å². The van der Waals surface area contributed by atoms with Gasteiger partial charge in [-0.05, 0) is 31.0 Å². The second kappa shape index (κ2) is 5.55. The van der Waals surface area contributed by atoms with Crippen LogP contribution in [0, 0.1) is 12.7 Å². The summed E-state index contributed by atoms with van der Waals surface area (Å²) in [6, 6.07) is 2.24. The van der Waals surface area contributed by atoms with Gasteiger partial charge >= 0.3 is 0 Å². The lowest BCUT2D eigenvalue weighted by Gasteiger charge is -2.18.